The van der Waals surface area contributed by atoms with E-state index in [4.69, 9.17) is 4.74 Å². The molecule has 1 unspecified atom stereocenters. The zero-order chi connectivity index (χ0) is 18.2. The fourth-order valence-electron chi connectivity index (χ4n) is 2.75. The van der Waals surface area contributed by atoms with Crippen LogP contribution in [0, 0.1) is 0 Å². The summed E-state index contributed by atoms with van der Waals surface area (Å²) in [6.45, 7) is 4.22. The van der Waals surface area contributed by atoms with Crippen molar-refractivity contribution in [3.8, 4) is 0 Å². The van der Waals surface area contributed by atoms with E-state index in [2.05, 4.69) is 24.5 Å². The number of carbonyl (C=O) groups is 2. The molecule has 1 aliphatic rings. The van der Waals surface area contributed by atoms with E-state index in [-0.39, 0.29) is 6.03 Å². The van der Waals surface area contributed by atoms with Gasteiger partial charge in [0.15, 0.2) is 0 Å². The summed E-state index contributed by atoms with van der Waals surface area (Å²) in [6.07, 6.45) is 3.65. The first kappa shape index (κ1) is 19.4. The Balaban J connectivity index is 2.34. The second kappa shape index (κ2) is 9.51. The fourth-order valence-corrected chi connectivity index (χ4v) is 3.51. The molecule has 6 heteroatoms. The van der Waals surface area contributed by atoms with Crippen molar-refractivity contribution in [2.75, 3.05) is 12.9 Å². The summed E-state index contributed by atoms with van der Waals surface area (Å²) in [5, 5.41) is 5.63. The maximum absolute atomic E-state index is 12.4. The zero-order valence-corrected chi connectivity index (χ0v) is 15.9. The quantitative estimate of drug-likeness (QED) is 0.538. The van der Waals surface area contributed by atoms with Crippen LogP contribution in [0.1, 0.15) is 51.1 Å². The van der Waals surface area contributed by atoms with Crippen LogP contribution in [-0.4, -0.2) is 24.9 Å². The number of methoxy groups -OCH3 is 1. The Labute approximate surface area is 153 Å². The lowest BCUT2D eigenvalue weighted by Gasteiger charge is -2.29. The number of amides is 2. The molecule has 1 atom stereocenters. The first-order valence-electron chi connectivity index (χ1n) is 8.72. The third-order valence-corrected chi connectivity index (χ3v) is 5.24. The zero-order valence-electron chi connectivity index (χ0n) is 15.1. The number of thioether (sulfide) groups is 1. The van der Waals surface area contributed by atoms with Crippen LogP contribution in [0.5, 0.6) is 0 Å². The van der Waals surface area contributed by atoms with Gasteiger partial charge in [-0.3, -0.25) is 0 Å². The van der Waals surface area contributed by atoms with Gasteiger partial charge in [0.25, 0.3) is 0 Å². The highest BCUT2D eigenvalue weighted by Crippen LogP contribution is 2.31. The van der Waals surface area contributed by atoms with Gasteiger partial charge in [0.1, 0.15) is 0 Å². The van der Waals surface area contributed by atoms with Crippen LogP contribution in [0.2, 0.25) is 0 Å². The van der Waals surface area contributed by atoms with Gasteiger partial charge in [0.05, 0.1) is 18.7 Å². The molecule has 1 heterocycles. The summed E-state index contributed by atoms with van der Waals surface area (Å²) in [5.74, 6) is 0.658. The minimum atomic E-state index is -0.488. The van der Waals surface area contributed by atoms with Crippen LogP contribution >= 0.6 is 11.8 Å². The number of carbonyl (C=O) groups excluding carboxylic acids is 2. The number of hydrogen-bond donors (Lipinski definition) is 2. The molecular formula is C19H26N2O3S. The van der Waals surface area contributed by atoms with Gasteiger partial charge in [-0.1, -0.05) is 32.4 Å². The van der Waals surface area contributed by atoms with Crippen molar-refractivity contribution >= 4 is 23.8 Å². The number of urea groups is 1. The first-order chi connectivity index (χ1) is 12.1. The highest BCUT2D eigenvalue weighted by atomic mass is 32.2. The predicted octanol–water partition coefficient (Wildman–Crippen LogP) is 4.16. The van der Waals surface area contributed by atoms with E-state index in [1.807, 2.05) is 24.3 Å². The van der Waals surface area contributed by atoms with Gasteiger partial charge in [-0.15, -0.1) is 11.8 Å². The fraction of sp³-hybridized carbons (Fsp3) is 0.474. The molecule has 0 spiro atoms. The van der Waals surface area contributed by atoms with Crippen molar-refractivity contribution in [2.45, 2.75) is 50.5 Å². The Morgan fingerprint density at radius 3 is 2.52 bits per heavy atom. The van der Waals surface area contributed by atoms with Gasteiger partial charge in [-0.05, 0) is 42.7 Å². The minimum Gasteiger partial charge on any atom is -0.466 e. The van der Waals surface area contributed by atoms with E-state index >= 15 is 0 Å². The topological polar surface area (TPSA) is 67.4 Å². The lowest BCUT2D eigenvalue weighted by Crippen LogP contribution is -2.45. The molecule has 1 aromatic carbocycles. The SMILES string of the molecule is CCCCC1=C(C(=O)OC)C(c2ccc(SCCC)cc2)NC(=O)N1. The standard InChI is InChI=1S/C19H26N2O3S/c1-4-6-7-15-16(18(22)24-3)17(21-19(23)20-15)13-8-10-14(11-9-13)25-12-5-2/h8-11,17H,4-7,12H2,1-3H3,(H2,20,21,23). The summed E-state index contributed by atoms with van der Waals surface area (Å²) >= 11 is 1.80. The second-order valence-corrected chi connectivity index (χ2v) is 7.10. The molecule has 0 aliphatic carbocycles. The molecule has 2 rings (SSSR count). The molecule has 0 aromatic heterocycles. The highest BCUT2D eigenvalue weighted by Gasteiger charge is 2.33. The normalized spacial score (nSPS) is 17.1. The molecule has 0 saturated carbocycles. The molecule has 1 aliphatic heterocycles. The maximum atomic E-state index is 12.4. The van der Waals surface area contributed by atoms with Gasteiger partial charge < -0.3 is 15.4 Å². The van der Waals surface area contributed by atoms with Crippen molar-refractivity contribution in [2.24, 2.45) is 0 Å². The lowest BCUT2D eigenvalue weighted by atomic mass is 9.93. The number of nitrogens with one attached hydrogen (secondary N) is 2. The molecule has 1 aromatic rings. The van der Waals surface area contributed by atoms with E-state index in [0.29, 0.717) is 17.7 Å². The van der Waals surface area contributed by atoms with Crippen LogP contribution in [0.15, 0.2) is 40.4 Å². The Hall–Kier alpha value is -1.95. The summed E-state index contributed by atoms with van der Waals surface area (Å²) < 4.78 is 4.97. The molecule has 2 amide bonds. The smallest absolute Gasteiger partial charge is 0.337 e. The highest BCUT2D eigenvalue weighted by molar-refractivity contribution is 7.99. The van der Waals surface area contributed by atoms with Gasteiger partial charge >= 0.3 is 12.0 Å². The summed E-state index contributed by atoms with van der Waals surface area (Å²) in [5.41, 5.74) is 2.03. The van der Waals surface area contributed by atoms with Crippen LogP contribution in [0.3, 0.4) is 0 Å². The van der Waals surface area contributed by atoms with Crippen LogP contribution < -0.4 is 10.6 Å². The van der Waals surface area contributed by atoms with Gasteiger partial charge in [0.2, 0.25) is 0 Å². The summed E-state index contributed by atoms with van der Waals surface area (Å²) in [7, 11) is 1.37. The maximum Gasteiger partial charge on any atom is 0.337 e. The third kappa shape index (κ3) is 5.01. The molecule has 136 valence electrons. The Morgan fingerprint density at radius 2 is 1.92 bits per heavy atom. The van der Waals surface area contributed by atoms with E-state index in [1.165, 1.54) is 12.0 Å². The second-order valence-electron chi connectivity index (χ2n) is 5.94. The van der Waals surface area contributed by atoms with Crippen molar-refractivity contribution in [3.05, 3.63) is 41.1 Å². The molecule has 0 saturated heterocycles. The average Bonchev–Trinajstić information content (AvgIpc) is 2.64. The van der Waals surface area contributed by atoms with Crippen molar-refractivity contribution in [1.82, 2.24) is 10.6 Å². The summed E-state index contributed by atoms with van der Waals surface area (Å²) in [4.78, 5) is 25.6. The van der Waals surface area contributed by atoms with Gasteiger partial charge in [-0.2, -0.15) is 0 Å². The number of ether oxygens (including phenoxy) is 1. The van der Waals surface area contributed by atoms with Crippen LogP contribution in [0.25, 0.3) is 0 Å². The lowest BCUT2D eigenvalue weighted by molar-refractivity contribution is -0.136. The minimum absolute atomic E-state index is 0.284. The number of allylic oxidation sites excluding steroid dienone is 1. The van der Waals surface area contributed by atoms with E-state index < -0.39 is 12.0 Å². The number of hydrogen-bond acceptors (Lipinski definition) is 4. The molecule has 2 N–H and O–H groups in total. The molecule has 0 bridgehead atoms. The molecule has 0 radical (unpaired) electrons. The van der Waals surface area contributed by atoms with Gasteiger partial charge in [-0.25, -0.2) is 9.59 Å². The molecule has 0 fully saturated rings. The molecule has 5 nitrogen and oxygen atoms in total. The first-order valence-corrected chi connectivity index (χ1v) is 9.70. The van der Waals surface area contributed by atoms with Crippen LogP contribution in [-0.2, 0) is 9.53 Å². The number of benzene rings is 1. The number of rotatable bonds is 8. The number of unbranched alkanes of at least 4 members (excludes halogenated alkanes) is 1. The van der Waals surface area contributed by atoms with E-state index in [1.54, 1.807) is 11.8 Å². The largest absolute Gasteiger partial charge is 0.466 e. The van der Waals surface area contributed by atoms with Crippen molar-refractivity contribution in [1.29, 1.82) is 0 Å². The van der Waals surface area contributed by atoms with Crippen LogP contribution in [0.4, 0.5) is 4.79 Å². The average molecular weight is 362 g/mol. The van der Waals surface area contributed by atoms with Crippen molar-refractivity contribution < 1.29 is 14.3 Å². The van der Waals surface area contributed by atoms with E-state index in [0.717, 1.165) is 30.6 Å². The summed E-state index contributed by atoms with van der Waals surface area (Å²) in [6, 6.07) is 7.23. The number of esters is 1. The van der Waals surface area contributed by atoms with E-state index in [9.17, 15) is 9.59 Å². The van der Waals surface area contributed by atoms with Crippen molar-refractivity contribution in [3.63, 3.8) is 0 Å². The Morgan fingerprint density at radius 1 is 1.20 bits per heavy atom. The Kier molecular flexibility index (Phi) is 7.37. The molecule has 25 heavy (non-hydrogen) atoms. The third-order valence-electron chi connectivity index (χ3n) is 4.03. The van der Waals surface area contributed by atoms with Gasteiger partial charge in [0, 0.05) is 10.6 Å². The Bertz CT molecular complexity index is 641. The molecular weight excluding hydrogens is 336 g/mol. The predicted molar refractivity (Wildman–Crippen MR) is 100 cm³/mol. The monoisotopic (exact) mass is 362 g/mol.